The first-order valence-corrected chi connectivity index (χ1v) is 5.05. The Labute approximate surface area is 95.8 Å². The number of nitrogens with zero attached hydrogens (tertiary/aromatic N) is 1. The predicted molar refractivity (Wildman–Crippen MR) is 58.0 cm³/mol. The summed E-state index contributed by atoms with van der Waals surface area (Å²) in [5, 5.41) is 18.6. The molecule has 0 aliphatic rings. The molecule has 0 aromatic heterocycles. The SMILES string of the molecule is COCC(CO)(CO)N(C)CCC(=O)OC. The van der Waals surface area contributed by atoms with Gasteiger partial charge in [0.25, 0.3) is 0 Å². The molecule has 6 nitrogen and oxygen atoms in total. The van der Waals surface area contributed by atoms with Gasteiger partial charge in [0, 0.05) is 13.7 Å². The fourth-order valence-electron chi connectivity index (χ4n) is 1.36. The second-order valence-corrected chi connectivity index (χ2v) is 3.72. The van der Waals surface area contributed by atoms with E-state index in [1.165, 1.54) is 14.2 Å². The lowest BCUT2D eigenvalue weighted by molar-refractivity contribution is -0.141. The summed E-state index contributed by atoms with van der Waals surface area (Å²) in [7, 11) is 4.53. The van der Waals surface area contributed by atoms with Gasteiger partial charge in [0.05, 0.1) is 38.9 Å². The molecule has 0 aromatic rings. The smallest absolute Gasteiger partial charge is 0.306 e. The van der Waals surface area contributed by atoms with Crippen molar-refractivity contribution in [3.05, 3.63) is 0 Å². The van der Waals surface area contributed by atoms with E-state index >= 15 is 0 Å². The highest BCUT2D eigenvalue weighted by Crippen LogP contribution is 2.13. The second kappa shape index (κ2) is 7.56. The van der Waals surface area contributed by atoms with Crippen LogP contribution in [0, 0.1) is 0 Å². The van der Waals surface area contributed by atoms with Gasteiger partial charge >= 0.3 is 5.97 Å². The van der Waals surface area contributed by atoms with Crippen LogP contribution >= 0.6 is 0 Å². The monoisotopic (exact) mass is 235 g/mol. The summed E-state index contributed by atoms with van der Waals surface area (Å²) in [4.78, 5) is 12.7. The van der Waals surface area contributed by atoms with Crippen molar-refractivity contribution in [2.24, 2.45) is 0 Å². The number of rotatable bonds is 8. The van der Waals surface area contributed by atoms with Crippen LogP contribution in [0.4, 0.5) is 0 Å². The number of carbonyl (C=O) groups is 1. The topological polar surface area (TPSA) is 79.2 Å². The normalized spacial score (nSPS) is 11.9. The highest BCUT2D eigenvalue weighted by atomic mass is 16.5. The average molecular weight is 235 g/mol. The Kier molecular flexibility index (Phi) is 7.24. The van der Waals surface area contributed by atoms with Crippen molar-refractivity contribution in [1.29, 1.82) is 0 Å². The van der Waals surface area contributed by atoms with Crippen LogP contribution in [0.1, 0.15) is 6.42 Å². The van der Waals surface area contributed by atoms with Gasteiger partial charge in [0.15, 0.2) is 0 Å². The van der Waals surface area contributed by atoms with Crippen molar-refractivity contribution >= 4 is 5.97 Å². The molecule has 0 aliphatic heterocycles. The van der Waals surface area contributed by atoms with Gasteiger partial charge in [0.2, 0.25) is 0 Å². The minimum atomic E-state index is -0.858. The van der Waals surface area contributed by atoms with Crippen LogP contribution in [-0.2, 0) is 14.3 Å². The quantitative estimate of drug-likeness (QED) is 0.517. The summed E-state index contributed by atoms with van der Waals surface area (Å²) >= 11 is 0. The van der Waals surface area contributed by atoms with Crippen LogP contribution in [0.5, 0.6) is 0 Å². The third kappa shape index (κ3) is 4.05. The fourth-order valence-corrected chi connectivity index (χ4v) is 1.36. The molecule has 96 valence electrons. The molecule has 0 rings (SSSR count). The van der Waals surface area contributed by atoms with Crippen LogP contribution in [-0.4, -0.2) is 74.3 Å². The van der Waals surface area contributed by atoms with Crippen molar-refractivity contribution in [3.63, 3.8) is 0 Å². The minimum Gasteiger partial charge on any atom is -0.469 e. The molecule has 0 heterocycles. The standard InChI is InChI=1S/C10H21NO5/c1-11(5-4-9(14)16-3)10(6-12,7-13)8-15-2/h12-13H,4-8H2,1-3H3. The number of methoxy groups -OCH3 is 2. The lowest BCUT2D eigenvalue weighted by atomic mass is 10.0. The van der Waals surface area contributed by atoms with E-state index in [1.807, 2.05) is 0 Å². The summed E-state index contributed by atoms with van der Waals surface area (Å²) in [6, 6.07) is 0. The van der Waals surface area contributed by atoms with Crippen molar-refractivity contribution in [1.82, 2.24) is 4.90 Å². The van der Waals surface area contributed by atoms with Crippen molar-refractivity contribution < 1.29 is 24.5 Å². The lowest BCUT2D eigenvalue weighted by Crippen LogP contribution is -2.56. The Morgan fingerprint density at radius 1 is 1.31 bits per heavy atom. The molecule has 0 aromatic carbocycles. The summed E-state index contributed by atoms with van der Waals surface area (Å²) in [6.45, 7) is 0.0961. The zero-order valence-corrected chi connectivity index (χ0v) is 10.1. The van der Waals surface area contributed by atoms with Crippen molar-refractivity contribution in [2.45, 2.75) is 12.0 Å². The first-order valence-electron chi connectivity index (χ1n) is 5.05. The van der Waals surface area contributed by atoms with Crippen LogP contribution < -0.4 is 0 Å². The molecular formula is C10H21NO5. The highest BCUT2D eigenvalue weighted by molar-refractivity contribution is 5.69. The van der Waals surface area contributed by atoms with E-state index in [4.69, 9.17) is 4.74 Å². The van der Waals surface area contributed by atoms with Crippen LogP contribution in [0.15, 0.2) is 0 Å². The van der Waals surface area contributed by atoms with E-state index in [-0.39, 0.29) is 32.2 Å². The molecular weight excluding hydrogens is 214 g/mol. The maximum absolute atomic E-state index is 11.0. The molecule has 0 fully saturated rings. The van der Waals surface area contributed by atoms with Gasteiger partial charge in [0.1, 0.15) is 0 Å². The van der Waals surface area contributed by atoms with E-state index in [9.17, 15) is 15.0 Å². The third-order valence-electron chi connectivity index (χ3n) is 2.69. The van der Waals surface area contributed by atoms with Gasteiger partial charge in [-0.1, -0.05) is 0 Å². The molecule has 0 aliphatic carbocycles. The van der Waals surface area contributed by atoms with E-state index in [2.05, 4.69) is 4.74 Å². The average Bonchev–Trinajstić information content (AvgIpc) is 2.32. The maximum atomic E-state index is 11.0. The van der Waals surface area contributed by atoms with Gasteiger partial charge in [-0.2, -0.15) is 0 Å². The Bertz CT molecular complexity index is 205. The Morgan fingerprint density at radius 3 is 2.25 bits per heavy atom. The molecule has 0 spiro atoms. The number of likely N-dealkylation sites (N-methyl/N-ethyl adjacent to an activating group) is 1. The molecule has 6 heteroatoms. The van der Waals surface area contributed by atoms with Gasteiger partial charge in [-0.05, 0) is 7.05 Å². The van der Waals surface area contributed by atoms with E-state index < -0.39 is 5.54 Å². The number of aliphatic hydroxyl groups is 2. The fraction of sp³-hybridized carbons (Fsp3) is 0.900. The number of aliphatic hydroxyl groups excluding tert-OH is 2. The number of hydrogen-bond acceptors (Lipinski definition) is 6. The number of ether oxygens (including phenoxy) is 2. The molecule has 16 heavy (non-hydrogen) atoms. The lowest BCUT2D eigenvalue weighted by Gasteiger charge is -2.38. The maximum Gasteiger partial charge on any atom is 0.306 e. The first kappa shape index (κ1) is 15.3. The number of hydrogen-bond donors (Lipinski definition) is 2. The van der Waals surface area contributed by atoms with Gasteiger partial charge in [-0.3, -0.25) is 9.69 Å². The van der Waals surface area contributed by atoms with E-state index in [1.54, 1.807) is 11.9 Å². The summed E-state index contributed by atoms with van der Waals surface area (Å²) in [6.07, 6.45) is 0.207. The summed E-state index contributed by atoms with van der Waals surface area (Å²) in [5.74, 6) is -0.325. The van der Waals surface area contributed by atoms with Crippen molar-refractivity contribution in [2.75, 3.05) is 47.6 Å². The second-order valence-electron chi connectivity index (χ2n) is 3.72. The Morgan fingerprint density at radius 2 is 1.88 bits per heavy atom. The number of carbonyl (C=O) groups excluding carboxylic acids is 1. The summed E-state index contributed by atoms with van der Waals surface area (Å²) in [5.41, 5.74) is -0.858. The van der Waals surface area contributed by atoms with Crippen molar-refractivity contribution in [3.8, 4) is 0 Å². The van der Waals surface area contributed by atoms with Gasteiger partial charge in [-0.15, -0.1) is 0 Å². The molecule has 0 radical (unpaired) electrons. The zero-order valence-electron chi connectivity index (χ0n) is 10.1. The molecule has 2 N–H and O–H groups in total. The molecule has 0 bridgehead atoms. The summed E-state index contributed by atoms with van der Waals surface area (Å²) < 4.78 is 9.48. The van der Waals surface area contributed by atoms with Gasteiger partial charge < -0.3 is 19.7 Å². The van der Waals surface area contributed by atoms with Crippen LogP contribution in [0.3, 0.4) is 0 Å². The predicted octanol–water partition coefficient (Wildman–Crippen LogP) is -1.15. The van der Waals surface area contributed by atoms with Gasteiger partial charge in [-0.25, -0.2) is 0 Å². The van der Waals surface area contributed by atoms with E-state index in [0.29, 0.717) is 6.54 Å². The molecule has 0 saturated carbocycles. The molecule has 0 atom stereocenters. The number of esters is 1. The molecule has 0 saturated heterocycles. The third-order valence-corrected chi connectivity index (χ3v) is 2.69. The Hall–Kier alpha value is -0.690. The molecule has 0 unspecified atom stereocenters. The van der Waals surface area contributed by atoms with Crippen LogP contribution in [0.2, 0.25) is 0 Å². The van der Waals surface area contributed by atoms with Crippen LogP contribution in [0.25, 0.3) is 0 Å². The molecule has 0 amide bonds. The Balaban J connectivity index is 4.37. The largest absolute Gasteiger partial charge is 0.469 e. The highest BCUT2D eigenvalue weighted by Gasteiger charge is 2.33. The first-order chi connectivity index (χ1) is 7.56. The van der Waals surface area contributed by atoms with E-state index in [0.717, 1.165) is 0 Å². The zero-order chi connectivity index (χ0) is 12.6. The minimum absolute atomic E-state index is 0.192.